The molecule has 0 radical (unpaired) electrons. The van der Waals surface area contributed by atoms with Gasteiger partial charge in [-0.25, -0.2) is 4.39 Å². The van der Waals surface area contributed by atoms with Crippen LogP contribution >= 0.6 is 0 Å². The van der Waals surface area contributed by atoms with Gasteiger partial charge in [0.2, 0.25) is 0 Å². The van der Waals surface area contributed by atoms with Crippen molar-refractivity contribution in [3.05, 3.63) is 29.6 Å². The number of hydrogen-bond acceptors (Lipinski definition) is 2. The Morgan fingerprint density at radius 2 is 2.00 bits per heavy atom. The quantitative estimate of drug-likeness (QED) is 0.843. The molecular formula is C12H13F4NO. The zero-order chi connectivity index (χ0) is 13.4. The van der Waals surface area contributed by atoms with Gasteiger partial charge in [-0.1, -0.05) is 6.07 Å². The van der Waals surface area contributed by atoms with Gasteiger partial charge in [-0.05, 0) is 18.9 Å². The Balaban J connectivity index is 2.03. The molecule has 0 heterocycles. The van der Waals surface area contributed by atoms with Gasteiger partial charge in [-0.2, -0.15) is 13.2 Å². The van der Waals surface area contributed by atoms with Crippen LogP contribution in [-0.2, 0) is 6.54 Å². The Kier molecular flexibility index (Phi) is 3.23. The summed E-state index contributed by atoms with van der Waals surface area (Å²) < 4.78 is 56.3. The van der Waals surface area contributed by atoms with Gasteiger partial charge in [0.05, 0.1) is 7.11 Å². The minimum atomic E-state index is -4.28. The second-order valence-corrected chi connectivity index (χ2v) is 4.39. The molecule has 1 aliphatic carbocycles. The van der Waals surface area contributed by atoms with Crippen molar-refractivity contribution in [2.45, 2.75) is 31.1 Å². The molecule has 2 rings (SSSR count). The molecule has 1 aromatic carbocycles. The highest BCUT2D eigenvalue weighted by Gasteiger charge is 2.62. The SMILES string of the molecule is COc1ccc(CNC2(C(F)(F)F)CC2)c(F)c1. The summed E-state index contributed by atoms with van der Waals surface area (Å²) in [6, 6.07) is 4.10. The maximum atomic E-state index is 13.5. The van der Waals surface area contributed by atoms with Gasteiger partial charge in [0.25, 0.3) is 0 Å². The summed E-state index contributed by atoms with van der Waals surface area (Å²) in [7, 11) is 1.40. The molecule has 1 saturated carbocycles. The van der Waals surface area contributed by atoms with Crippen LogP contribution in [0.5, 0.6) is 5.75 Å². The molecule has 100 valence electrons. The summed E-state index contributed by atoms with van der Waals surface area (Å²) in [5.41, 5.74) is -1.62. The molecule has 18 heavy (non-hydrogen) atoms. The van der Waals surface area contributed by atoms with Crippen LogP contribution in [0.15, 0.2) is 18.2 Å². The first-order chi connectivity index (χ1) is 8.38. The molecule has 0 spiro atoms. The molecule has 1 aromatic rings. The van der Waals surface area contributed by atoms with E-state index in [4.69, 9.17) is 4.74 Å². The van der Waals surface area contributed by atoms with Gasteiger partial charge >= 0.3 is 6.18 Å². The lowest BCUT2D eigenvalue weighted by atomic mass is 10.1. The number of methoxy groups -OCH3 is 1. The number of halogens is 4. The number of hydrogen-bond donors (Lipinski definition) is 1. The molecule has 2 nitrogen and oxygen atoms in total. The molecule has 0 bridgehead atoms. The van der Waals surface area contributed by atoms with E-state index in [1.807, 2.05) is 0 Å². The number of rotatable bonds is 4. The zero-order valence-corrected chi connectivity index (χ0v) is 9.77. The molecule has 1 N–H and O–H groups in total. The summed E-state index contributed by atoms with van der Waals surface area (Å²) in [6.45, 7) is -0.144. The average Bonchev–Trinajstić information content (AvgIpc) is 3.07. The van der Waals surface area contributed by atoms with E-state index in [2.05, 4.69) is 5.32 Å². The lowest BCUT2D eigenvalue weighted by molar-refractivity contribution is -0.166. The fraction of sp³-hybridized carbons (Fsp3) is 0.500. The fourth-order valence-electron chi connectivity index (χ4n) is 1.75. The average molecular weight is 263 g/mol. The third kappa shape index (κ3) is 2.43. The van der Waals surface area contributed by atoms with E-state index in [0.717, 1.165) is 6.07 Å². The van der Waals surface area contributed by atoms with E-state index in [0.29, 0.717) is 5.75 Å². The van der Waals surface area contributed by atoms with Crippen molar-refractivity contribution in [3.63, 3.8) is 0 Å². The predicted molar refractivity (Wildman–Crippen MR) is 57.8 cm³/mol. The van der Waals surface area contributed by atoms with Crippen LogP contribution in [0.4, 0.5) is 17.6 Å². The largest absolute Gasteiger partial charge is 0.497 e. The van der Waals surface area contributed by atoms with Crippen molar-refractivity contribution >= 4 is 0 Å². The van der Waals surface area contributed by atoms with Crippen LogP contribution in [-0.4, -0.2) is 18.8 Å². The maximum absolute atomic E-state index is 13.5. The Hall–Kier alpha value is -1.30. The number of alkyl halides is 3. The normalized spacial score (nSPS) is 17.6. The van der Waals surface area contributed by atoms with Gasteiger partial charge in [0, 0.05) is 18.2 Å². The van der Waals surface area contributed by atoms with Crippen LogP contribution < -0.4 is 10.1 Å². The van der Waals surface area contributed by atoms with E-state index in [-0.39, 0.29) is 24.9 Å². The standard InChI is InChI=1S/C12H13F4NO/c1-18-9-3-2-8(10(13)6-9)7-17-11(4-5-11)12(14,15)16/h2-3,6,17H,4-5,7H2,1H3. The van der Waals surface area contributed by atoms with Crippen LogP contribution in [0, 0.1) is 5.82 Å². The maximum Gasteiger partial charge on any atom is 0.406 e. The number of nitrogens with one attached hydrogen (secondary N) is 1. The van der Waals surface area contributed by atoms with Gasteiger partial charge < -0.3 is 4.74 Å². The Bertz CT molecular complexity index is 440. The van der Waals surface area contributed by atoms with Crippen molar-refractivity contribution in [1.29, 1.82) is 0 Å². The Morgan fingerprint density at radius 1 is 1.33 bits per heavy atom. The smallest absolute Gasteiger partial charge is 0.406 e. The van der Waals surface area contributed by atoms with Gasteiger partial charge in [0.1, 0.15) is 17.1 Å². The Labute approximate surface area is 102 Å². The summed E-state index contributed by atoms with van der Waals surface area (Å²) >= 11 is 0. The lowest BCUT2D eigenvalue weighted by Crippen LogP contribution is -2.44. The van der Waals surface area contributed by atoms with Gasteiger partial charge in [-0.3, -0.25) is 5.32 Å². The second kappa shape index (κ2) is 4.42. The molecule has 1 aliphatic rings. The van der Waals surface area contributed by atoms with Crippen LogP contribution in [0.25, 0.3) is 0 Å². The minimum absolute atomic E-state index is 0.0499. The van der Waals surface area contributed by atoms with Crippen LogP contribution in [0.2, 0.25) is 0 Å². The number of benzene rings is 1. The van der Waals surface area contributed by atoms with Crippen molar-refractivity contribution < 1.29 is 22.3 Å². The molecule has 0 aromatic heterocycles. The van der Waals surface area contributed by atoms with E-state index in [1.165, 1.54) is 19.2 Å². The molecule has 0 atom stereocenters. The van der Waals surface area contributed by atoms with E-state index >= 15 is 0 Å². The Morgan fingerprint density at radius 3 is 2.44 bits per heavy atom. The van der Waals surface area contributed by atoms with E-state index in [9.17, 15) is 17.6 Å². The minimum Gasteiger partial charge on any atom is -0.497 e. The molecule has 0 unspecified atom stereocenters. The predicted octanol–water partition coefficient (Wildman–Crippen LogP) is 3.02. The lowest BCUT2D eigenvalue weighted by Gasteiger charge is -2.21. The monoisotopic (exact) mass is 263 g/mol. The van der Waals surface area contributed by atoms with Crippen molar-refractivity contribution in [2.75, 3.05) is 7.11 Å². The summed E-state index contributed by atoms with van der Waals surface area (Å²) in [5, 5.41) is 2.40. The summed E-state index contributed by atoms with van der Waals surface area (Å²) in [5.74, 6) is -0.229. The zero-order valence-electron chi connectivity index (χ0n) is 9.77. The van der Waals surface area contributed by atoms with E-state index < -0.39 is 17.5 Å². The molecular weight excluding hydrogens is 250 g/mol. The van der Waals surface area contributed by atoms with Crippen molar-refractivity contribution in [2.24, 2.45) is 0 Å². The second-order valence-electron chi connectivity index (χ2n) is 4.39. The highest BCUT2D eigenvalue weighted by Crippen LogP contribution is 2.49. The highest BCUT2D eigenvalue weighted by molar-refractivity contribution is 5.29. The van der Waals surface area contributed by atoms with Crippen molar-refractivity contribution in [3.8, 4) is 5.75 Å². The van der Waals surface area contributed by atoms with Crippen LogP contribution in [0.1, 0.15) is 18.4 Å². The number of ether oxygens (including phenoxy) is 1. The highest BCUT2D eigenvalue weighted by atomic mass is 19.4. The first-order valence-corrected chi connectivity index (χ1v) is 5.52. The summed E-state index contributed by atoms with van der Waals surface area (Å²) in [4.78, 5) is 0. The molecule has 0 aliphatic heterocycles. The third-order valence-electron chi connectivity index (χ3n) is 3.17. The van der Waals surface area contributed by atoms with Crippen molar-refractivity contribution in [1.82, 2.24) is 5.32 Å². The summed E-state index contributed by atoms with van der Waals surface area (Å²) in [6.07, 6.45) is -4.18. The first-order valence-electron chi connectivity index (χ1n) is 5.52. The van der Waals surface area contributed by atoms with Gasteiger partial charge in [-0.15, -0.1) is 0 Å². The van der Waals surface area contributed by atoms with Crippen LogP contribution in [0.3, 0.4) is 0 Å². The van der Waals surface area contributed by atoms with Gasteiger partial charge in [0.15, 0.2) is 0 Å². The first kappa shape index (κ1) is 13.1. The third-order valence-corrected chi connectivity index (χ3v) is 3.17. The molecule has 6 heteroatoms. The molecule has 0 amide bonds. The molecule has 0 saturated heterocycles. The topological polar surface area (TPSA) is 21.3 Å². The fourth-order valence-corrected chi connectivity index (χ4v) is 1.75. The molecule has 1 fully saturated rings. The van der Waals surface area contributed by atoms with E-state index in [1.54, 1.807) is 0 Å².